The van der Waals surface area contributed by atoms with Crippen molar-refractivity contribution in [3.05, 3.63) is 53.6 Å². The van der Waals surface area contributed by atoms with Gasteiger partial charge < -0.3 is 19.9 Å². The monoisotopic (exact) mass is 389 g/mol. The molecule has 7 heteroatoms. The highest BCUT2D eigenvalue weighted by molar-refractivity contribution is 8.00. The molecule has 0 aromatic heterocycles. The SMILES string of the molecule is COc1ccc(CCNC(=O)c2ccccc2SC(C)C(=O)O)cc1OC. The van der Waals surface area contributed by atoms with Crippen LogP contribution in [0.1, 0.15) is 22.8 Å². The van der Waals surface area contributed by atoms with Gasteiger partial charge in [0.1, 0.15) is 5.25 Å². The Bertz CT molecular complexity index is 809. The molecular formula is C20H23NO5S. The molecule has 1 unspecified atom stereocenters. The summed E-state index contributed by atoms with van der Waals surface area (Å²) in [5, 5.41) is 11.3. The fourth-order valence-corrected chi connectivity index (χ4v) is 3.38. The van der Waals surface area contributed by atoms with Crippen LogP contribution in [-0.4, -0.2) is 43.0 Å². The molecule has 0 aliphatic heterocycles. The lowest BCUT2D eigenvalue weighted by Gasteiger charge is -2.12. The molecule has 0 bridgehead atoms. The van der Waals surface area contributed by atoms with Crippen LogP contribution in [0.15, 0.2) is 47.4 Å². The largest absolute Gasteiger partial charge is 0.493 e. The molecule has 2 aromatic carbocycles. The highest BCUT2D eigenvalue weighted by Gasteiger charge is 2.17. The van der Waals surface area contributed by atoms with Gasteiger partial charge in [-0.1, -0.05) is 18.2 Å². The predicted molar refractivity (Wildman–Crippen MR) is 105 cm³/mol. The summed E-state index contributed by atoms with van der Waals surface area (Å²) in [4.78, 5) is 24.2. The van der Waals surface area contributed by atoms with Crippen LogP contribution in [0.25, 0.3) is 0 Å². The number of hydrogen-bond donors (Lipinski definition) is 2. The number of thioether (sulfide) groups is 1. The number of hydrogen-bond acceptors (Lipinski definition) is 5. The van der Waals surface area contributed by atoms with Crippen molar-refractivity contribution in [2.24, 2.45) is 0 Å². The fourth-order valence-electron chi connectivity index (χ4n) is 2.45. The zero-order valence-corrected chi connectivity index (χ0v) is 16.3. The number of amides is 1. The highest BCUT2D eigenvalue weighted by Crippen LogP contribution is 2.28. The Hall–Kier alpha value is -2.67. The molecule has 2 rings (SSSR count). The van der Waals surface area contributed by atoms with Crippen molar-refractivity contribution < 1.29 is 24.2 Å². The van der Waals surface area contributed by atoms with Crippen LogP contribution in [0.3, 0.4) is 0 Å². The van der Waals surface area contributed by atoms with E-state index < -0.39 is 11.2 Å². The molecule has 2 N–H and O–H groups in total. The minimum Gasteiger partial charge on any atom is -0.493 e. The van der Waals surface area contributed by atoms with E-state index in [4.69, 9.17) is 14.6 Å². The third kappa shape index (κ3) is 5.65. The van der Waals surface area contributed by atoms with Crippen LogP contribution in [0.5, 0.6) is 11.5 Å². The van der Waals surface area contributed by atoms with Gasteiger partial charge in [0.15, 0.2) is 11.5 Å². The van der Waals surface area contributed by atoms with Gasteiger partial charge in [-0.3, -0.25) is 9.59 Å². The third-order valence-electron chi connectivity index (χ3n) is 3.93. The van der Waals surface area contributed by atoms with Crippen molar-refractivity contribution in [2.45, 2.75) is 23.5 Å². The smallest absolute Gasteiger partial charge is 0.316 e. The van der Waals surface area contributed by atoms with E-state index in [-0.39, 0.29) is 5.91 Å². The minimum absolute atomic E-state index is 0.226. The average molecular weight is 389 g/mol. The zero-order chi connectivity index (χ0) is 19.8. The maximum absolute atomic E-state index is 12.5. The summed E-state index contributed by atoms with van der Waals surface area (Å²) in [5.74, 6) is 0.161. The first kappa shape index (κ1) is 20.6. The van der Waals surface area contributed by atoms with Crippen molar-refractivity contribution >= 4 is 23.6 Å². The quantitative estimate of drug-likeness (QED) is 0.641. The number of ether oxygens (including phenoxy) is 2. The van der Waals surface area contributed by atoms with Crippen molar-refractivity contribution in [1.29, 1.82) is 0 Å². The maximum atomic E-state index is 12.5. The zero-order valence-electron chi connectivity index (χ0n) is 15.5. The molecule has 6 nitrogen and oxygen atoms in total. The minimum atomic E-state index is -0.913. The second kappa shape index (κ2) is 9.87. The van der Waals surface area contributed by atoms with Crippen LogP contribution >= 0.6 is 11.8 Å². The van der Waals surface area contributed by atoms with E-state index in [0.29, 0.717) is 34.9 Å². The molecule has 0 heterocycles. The summed E-state index contributed by atoms with van der Waals surface area (Å²) in [6, 6.07) is 12.6. The predicted octanol–water partition coefficient (Wildman–Crippen LogP) is 3.24. The van der Waals surface area contributed by atoms with Crippen molar-refractivity contribution in [2.75, 3.05) is 20.8 Å². The van der Waals surface area contributed by atoms with Gasteiger partial charge in [-0.2, -0.15) is 0 Å². The van der Waals surface area contributed by atoms with Gasteiger partial charge in [-0.15, -0.1) is 11.8 Å². The van der Waals surface area contributed by atoms with E-state index in [2.05, 4.69) is 5.32 Å². The number of nitrogens with one attached hydrogen (secondary N) is 1. The van der Waals surface area contributed by atoms with Crippen LogP contribution in [0.2, 0.25) is 0 Å². The van der Waals surface area contributed by atoms with E-state index in [1.54, 1.807) is 45.4 Å². The number of aliphatic carboxylic acids is 1. The third-order valence-corrected chi connectivity index (χ3v) is 5.10. The molecule has 1 atom stereocenters. The van der Waals surface area contributed by atoms with E-state index in [9.17, 15) is 9.59 Å². The Morgan fingerprint density at radius 2 is 1.81 bits per heavy atom. The average Bonchev–Trinajstić information content (AvgIpc) is 2.68. The number of rotatable bonds is 9. The number of methoxy groups -OCH3 is 2. The lowest BCUT2D eigenvalue weighted by atomic mass is 10.1. The molecular weight excluding hydrogens is 366 g/mol. The molecule has 1 amide bonds. The van der Waals surface area contributed by atoms with Crippen molar-refractivity contribution in [3.8, 4) is 11.5 Å². The molecule has 0 saturated heterocycles. The first-order chi connectivity index (χ1) is 13.0. The van der Waals surface area contributed by atoms with Gasteiger partial charge in [0, 0.05) is 11.4 Å². The van der Waals surface area contributed by atoms with Gasteiger partial charge in [0.25, 0.3) is 5.91 Å². The number of carbonyl (C=O) groups excluding carboxylic acids is 1. The lowest BCUT2D eigenvalue weighted by Crippen LogP contribution is -2.26. The first-order valence-corrected chi connectivity index (χ1v) is 9.31. The molecule has 2 aromatic rings. The van der Waals surface area contributed by atoms with Gasteiger partial charge in [0.2, 0.25) is 0 Å². The van der Waals surface area contributed by atoms with Gasteiger partial charge in [-0.05, 0) is 43.2 Å². The van der Waals surface area contributed by atoms with Crippen LogP contribution < -0.4 is 14.8 Å². The Morgan fingerprint density at radius 1 is 1.11 bits per heavy atom. The lowest BCUT2D eigenvalue weighted by molar-refractivity contribution is -0.136. The van der Waals surface area contributed by atoms with Gasteiger partial charge >= 0.3 is 5.97 Å². The summed E-state index contributed by atoms with van der Waals surface area (Å²) >= 11 is 1.15. The summed E-state index contributed by atoms with van der Waals surface area (Å²) in [6.45, 7) is 2.04. The normalized spacial score (nSPS) is 11.5. The van der Waals surface area contributed by atoms with E-state index in [1.807, 2.05) is 18.2 Å². The van der Waals surface area contributed by atoms with Crippen LogP contribution in [0, 0.1) is 0 Å². The summed E-state index contributed by atoms with van der Waals surface area (Å²) in [6.07, 6.45) is 0.632. The molecule has 27 heavy (non-hydrogen) atoms. The van der Waals surface area contributed by atoms with Crippen molar-refractivity contribution in [1.82, 2.24) is 5.32 Å². The maximum Gasteiger partial charge on any atom is 0.316 e. The second-order valence-electron chi connectivity index (χ2n) is 5.79. The van der Waals surface area contributed by atoms with E-state index in [0.717, 1.165) is 17.3 Å². The topological polar surface area (TPSA) is 84.9 Å². The molecule has 0 aliphatic carbocycles. The van der Waals surface area contributed by atoms with Crippen LogP contribution in [0.4, 0.5) is 0 Å². The summed E-state index contributed by atoms with van der Waals surface area (Å²) in [5.41, 5.74) is 1.48. The molecule has 0 spiro atoms. The van der Waals surface area contributed by atoms with E-state index >= 15 is 0 Å². The second-order valence-corrected chi connectivity index (χ2v) is 7.17. The highest BCUT2D eigenvalue weighted by atomic mass is 32.2. The summed E-state index contributed by atoms with van der Waals surface area (Å²) in [7, 11) is 3.16. The van der Waals surface area contributed by atoms with Gasteiger partial charge in [0.05, 0.1) is 19.8 Å². The molecule has 0 saturated carbocycles. The first-order valence-electron chi connectivity index (χ1n) is 8.43. The molecule has 144 valence electrons. The number of benzene rings is 2. The van der Waals surface area contributed by atoms with Gasteiger partial charge in [-0.25, -0.2) is 0 Å². The molecule has 0 fully saturated rings. The van der Waals surface area contributed by atoms with Crippen molar-refractivity contribution in [3.63, 3.8) is 0 Å². The standard InChI is InChI=1S/C20H23NO5S/c1-13(20(23)24)27-18-7-5-4-6-15(18)19(22)21-11-10-14-8-9-16(25-2)17(12-14)26-3/h4-9,12-13H,10-11H2,1-3H3,(H,21,22)(H,23,24). The van der Waals surface area contributed by atoms with Crippen LogP contribution in [-0.2, 0) is 11.2 Å². The Balaban J connectivity index is 1.99. The molecule has 0 radical (unpaired) electrons. The Morgan fingerprint density at radius 3 is 2.48 bits per heavy atom. The Labute approximate surface area is 162 Å². The molecule has 0 aliphatic rings. The number of carbonyl (C=O) groups is 2. The Kier molecular flexibility index (Phi) is 7.55. The summed E-state index contributed by atoms with van der Waals surface area (Å²) < 4.78 is 10.5. The number of carboxylic acids is 1. The fraction of sp³-hybridized carbons (Fsp3) is 0.300. The van der Waals surface area contributed by atoms with E-state index in [1.165, 1.54) is 0 Å². The number of carboxylic acid groups (broad SMARTS) is 1.